The molecule has 2 unspecified atom stereocenters. The first-order chi connectivity index (χ1) is 25.7. The predicted molar refractivity (Wildman–Crippen MR) is 209 cm³/mol. The first-order valence-electron chi connectivity index (χ1n) is 18.1. The maximum absolute atomic E-state index is 14.5. The van der Waals surface area contributed by atoms with E-state index in [1.54, 1.807) is 36.5 Å². The number of amides is 1. The Balaban J connectivity index is 1.27. The van der Waals surface area contributed by atoms with Crippen LogP contribution in [0, 0.1) is 18.2 Å². The Bertz CT molecular complexity index is 2110. The highest BCUT2D eigenvalue weighted by molar-refractivity contribution is 6.15. The number of hydrogen-bond donors (Lipinski definition) is 4. The first kappa shape index (κ1) is 35.5. The van der Waals surface area contributed by atoms with Gasteiger partial charge in [0.2, 0.25) is 0 Å². The molecule has 1 aliphatic rings. The quantitative estimate of drug-likeness (QED) is 0.0801. The second-order valence-corrected chi connectivity index (χ2v) is 14.1. The number of aliphatic hydroxyl groups is 1. The summed E-state index contributed by atoms with van der Waals surface area (Å²) in [6, 6.07) is 46.1. The highest BCUT2D eigenvalue weighted by Gasteiger charge is 2.38. The van der Waals surface area contributed by atoms with Crippen molar-refractivity contribution in [1.29, 1.82) is 5.41 Å². The number of aromatic nitrogens is 1. The fourth-order valence-electron chi connectivity index (χ4n) is 7.73. The number of carbonyl (C=O) groups is 1. The van der Waals surface area contributed by atoms with Gasteiger partial charge in [-0.25, -0.2) is 4.39 Å². The van der Waals surface area contributed by atoms with Gasteiger partial charge in [0.05, 0.1) is 11.3 Å². The van der Waals surface area contributed by atoms with Crippen LogP contribution in [0.4, 0.5) is 10.1 Å². The lowest BCUT2D eigenvalue weighted by molar-refractivity contribution is -0.00685. The highest BCUT2D eigenvalue weighted by atomic mass is 19.1. The molecule has 1 saturated carbocycles. The van der Waals surface area contributed by atoms with Crippen LogP contribution in [0.1, 0.15) is 75.1 Å². The Morgan fingerprint density at radius 1 is 0.830 bits per heavy atom. The van der Waals surface area contributed by atoms with Crippen molar-refractivity contribution in [2.75, 3.05) is 5.32 Å². The van der Waals surface area contributed by atoms with Crippen LogP contribution in [0.2, 0.25) is 0 Å². The van der Waals surface area contributed by atoms with E-state index < -0.39 is 11.1 Å². The molecule has 0 spiro atoms. The molecule has 1 amide bonds. The van der Waals surface area contributed by atoms with Crippen LogP contribution < -0.4 is 10.6 Å². The molecule has 266 valence electrons. The van der Waals surface area contributed by atoms with Crippen molar-refractivity contribution in [3.63, 3.8) is 0 Å². The van der Waals surface area contributed by atoms with Gasteiger partial charge in [0.1, 0.15) is 11.4 Å². The third-order valence-electron chi connectivity index (χ3n) is 10.3. The average Bonchev–Trinajstić information content (AvgIpc) is 3.18. The molecular formula is C46H43FN4O2. The second kappa shape index (κ2) is 15.4. The molecule has 53 heavy (non-hydrogen) atoms. The van der Waals surface area contributed by atoms with Crippen LogP contribution in [-0.4, -0.2) is 33.4 Å². The maximum Gasteiger partial charge on any atom is 0.251 e. The van der Waals surface area contributed by atoms with Crippen LogP contribution >= 0.6 is 0 Å². The number of anilines is 1. The van der Waals surface area contributed by atoms with Crippen molar-refractivity contribution in [2.24, 2.45) is 0 Å². The first-order valence-corrected chi connectivity index (χ1v) is 18.1. The van der Waals surface area contributed by atoms with Gasteiger partial charge >= 0.3 is 0 Å². The smallest absolute Gasteiger partial charge is 0.251 e. The van der Waals surface area contributed by atoms with Crippen LogP contribution in [0.25, 0.3) is 0 Å². The Morgan fingerprint density at radius 2 is 1.43 bits per heavy atom. The van der Waals surface area contributed by atoms with Gasteiger partial charge in [0.15, 0.2) is 0 Å². The van der Waals surface area contributed by atoms with Gasteiger partial charge in [0, 0.05) is 46.7 Å². The predicted octanol–water partition coefficient (Wildman–Crippen LogP) is 9.00. The van der Waals surface area contributed by atoms with E-state index in [1.165, 1.54) is 6.07 Å². The van der Waals surface area contributed by atoms with E-state index in [-0.39, 0.29) is 29.9 Å². The van der Waals surface area contributed by atoms with Crippen molar-refractivity contribution < 1.29 is 14.3 Å². The molecule has 6 aromatic rings. The number of pyridine rings is 1. The van der Waals surface area contributed by atoms with Gasteiger partial charge in [-0.05, 0) is 91.3 Å². The van der Waals surface area contributed by atoms with Gasteiger partial charge in [-0.15, -0.1) is 0 Å². The summed E-state index contributed by atoms with van der Waals surface area (Å²) in [6.45, 7) is 1.89. The molecule has 4 N–H and O–H groups in total. The SMILES string of the molecule is Cc1cc(C(=N)c2cc(C(=O)NC3CCCC(O)(Cc4ccccc4F)C3)ccc2NC(c2ccccc2)(c2ccccc2)c2ccccc2)ccn1. The third kappa shape index (κ3) is 7.66. The number of hydrogen-bond acceptors (Lipinski definition) is 5. The van der Waals surface area contributed by atoms with Crippen LogP contribution in [0.15, 0.2) is 152 Å². The number of aryl methyl sites for hydroxylation is 1. The van der Waals surface area contributed by atoms with E-state index in [4.69, 9.17) is 0 Å². The van der Waals surface area contributed by atoms with Crippen molar-refractivity contribution >= 4 is 17.3 Å². The molecule has 1 heterocycles. The topological polar surface area (TPSA) is 98.1 Å². The normalized spacial score (nSPS) is 17.2. The zero-order valence-corrected chi connectivity index (χ0v) is 29.7. The summed E-state index contributed by atoms with van der Waals surface area (Å²) in [4.78, 5) is 18.4. The molecule has 7 heteroatoms. The number of halogens is 1. The number of nitrogens with one attached hydrogen (secondary N) is 3. The van der Waals surface area contributed by atoms with E-state index in [0.29, 0.717) is 53.6 Å². The Hall–Kier alpha value is -5.92. The number of rotatable bonds is 11. The third-order valence-corrected chi connectivity index (χ3v) is 10.3. The molecule has 0 bridgehead atoms. The summed E-state index contributed by atoms with van der Waals surface area (Å²) in [5.74, 6) is -0.631. The maximum atomic E-state index is 14.5. The molecule has 2 atom stereocenters. The Morgan fingerprint density at radius 3 is 2.04 bits per heavy atom. The van der Waals surface area contributed by atoms with E-state index in [1.807, 2.05) is 79.7 Å². The van der Waals surface area contributed by atoms with Gasteiger partial charge in [-0.3, -0.25) is 15.2 Å². The van der Waals surface area contributed by atoms with E-state index in [2.05, 4.69) is 52.0 Å². The molecule has 0 aliphatic heterocycles. The summed E-state index contributed by atoms with van der Waals surface area (Å²) in [6.07, 6.45) is 4.14. The molecule has 5 aromatic carbocycles. The zero-order chi connectivity index (χ0) is 36.8. The fraction of sp³-hybridized carbons (Fsp3) is 0.196. The summed E-state index contributed by atoms with van der Waals surface area (Å²) < 4.78 is 14.5. The lowest BCUT2D eigenvalue weighted by Crippen LogP contribution is -2.47. The molecule has 1 aliphatic carbocycles. The number of benzene rings is 5. The van der Waals surface area contributed by atoms with Crippen molar-refractivity contribution in [1.82, 2.24) is 10.3 Å². The van der Waals surface area contributed by atoms with Crippen molar-refractivity contribution in [2.45, 2.75) is 56.2 Å². The summed E-state index contributed by atoms with van der Waals surface area (Å²) in [5, 5.41) is 28.1. The highest BCUT2D eigenvalue weighted by Crippen LogP contribution is 2.41. The van der Waals surface area contributed by atoms with Crippen LogP contribution in [-0.2, 0) is 12.0 Å². The lowest BCUT2D eigenvalue weighted by Gasteiger charge is -2.38. The second-order valence-electron chi connectivity index (χ2n) is 14.1. The Labute approximate surface area is 310 Å². The molecule has 6 nitrogen and oxygen atoms in total. The molecule has 1 aromatic heterocycles. The largest absolute Gasteiger partial charge is 0.389 e. The zero-order valence-electron chi connectivity index (χ0n) is 29.7. The fourth-order valence-corrected chi connectivity index (χ4v) is 7.73. The Kier molecular flexibility index (Phi) is 10.3. The number of carbonyl (C=O) groups excluding carboxylic acids is 1. The van der Waals surface area contributed by atoms with Crippen molar-refractivity contribution in [3.05, 3.63) is 202 Å². The molecular weight excluding hydrogens is 660 g/mol. The van der Waals surface area contributed by atoms with Gasteiger partial charge in [0.25, 0.3) is 5.91 Å². The summed E-state index contributed by atoms with van der Waals surface area (Å²) in [7, 11) is 0. The van der Waals surface area contributed by atoms with Crippen LogP contribution in [0.5, 0.6) is 0 Å². The standard InChI is InChI=1S/C46H43FN4O2/c1-32-28-33(25-27-49-32)43(48)40-29-34(44(52)50-39-21-13-26-45(53,31-39)30-35-14-11-12-22-41(35)47)23-24-42(40)51-46(36-15-5-2-6-16-36,37-17-7-3-8-18-37)38-19-9-4-10-20-38/h2-12,14-20,22-25,27-29,39,48,51,53H,13,21,26,30-31H2,1H3,(H,50,52). The molecule has 0 saturated heterocycles. The van der Waals surface area contributed by atoms with Gasteiger partial charge < -0.3 is 15.7 Å². The number of nitrogens with zero attached hydrogens (tertiary/aromatic N) is 1. The monoisotopic (exact) mass is 702 g/mol. The minimum Gasteiger partial charge on any atom is -0.389 e. The molecule has 0 radical (unpaired) electrons. The van der Waals surface area contributed by atoms with Crippen molar-refractivity contribution in [3.8, 4) is 0 Å². The van der Waals surface area contributed by atoms with E-state index >= 15 is 0 Å². The molecule has 1 fully saturated rings. The summed E-state index contributed by atoms with van der Waals surface area (Å²) in [5.41, 5.74) is 4.83. The van der Waals surface area contributed by atoms with E-state index in [0.717, 1.165) is 22.4 Å². The van der Waals surface area contributed by atoms with E-state index in [9.17, 15) is 19.7 Å². The van der Waals surface area contributed by atoms with Gasteiger partial charge in [-0.2, -0.15) is 0 Å². The average molecular weight is 703 g/mol. The van der Waals surface area contributed by atoms with Gasteiger partial charge in [-0.1, -0.05) is 109 Å². The van der Waals surface area contributed by atoms with Crippen LogP contribution in [0.3, 0.4) is 0 Å². The lowest BCUT2D eigenvalue weighted by atomic mass is 9.76. The molecule has 7 rings (SSSR count). The minimum absolute atomic E-state index is 0.186. The summed E-state index contributed by atoms with van der Waals surface area (Å²) >= 11 is 0. The minimum atomic E-state index is -1.13.